The minimum atomic E-state index is 0.461. The maximum atomic E-state index is 5.94. The zero-order valence-electron chi connectivity index (χ0n) is 8.45. The lowest BCUT2D eigenvalue weighted by Gasteiger charge is -2.06. The topological polar surface area (TPSA) is 43.8 Å². The Kier molecular flexibility index (Phi) is 3.33. The highest BCUT2D eigenvalue weighted by atomic mass is 35.5. The molecule has 6 heteroatoms. The van der Waals surface area contributed by atoms with Crippen molar-refractivity contribution in [3.05, 3.63) is 34.6 Å². The monoisotopic (exact) mass is 273 g/mol. The quantitative estimate of drug-likeness (QED) is 0.853. The molecule has 0 bridgehead atoms. The molecule has 1 aromatic carbocycles. The van der Waals surface area contributed by atoms with Crippen LogP contribution in [0.15, 0.2) is 34.6 Å². The lowest BCUT2D eigenvalue weighted by Crippen LogP contribution is -1.92. The van der Waals surface area contributed by atoms with Crippen LogP contribution in [0.3, 0.4) is 0 Å². The Hall–Kier alpha value is -0.840. The average Bonchev–Trinajstić information content (AvgIpc) is 2.61. The molecular weight excluding hydrogens is 265 g/mol. The van der Waals surface area contributed by atoms with E-state index in [-0.39, 0.29) is 0 Å². The molecule has 1 aromatic heterocycles. The summed E-state index contributed by atoms with van der Waals surface area (Å²) < 4.78 is 1.91. The van der Waals surface area contributed by atoms with Crippen LogP contribution in [0.4, 0.5) is 5.69 Å². The van der Waals surface area contributed by atoms with Gasteiger partial charge in [-0.05, 0) is 23.9 Å². The highest BCUT2D eigenvalue weighted by molar-refractivity contribution is 7.99. The van der Waals surface area contributed by atoms with Crippen molar-refractivity contribution >= 4 is 40.7 Å². The Balaban J connectivity index is 2.35. The van der Waals surface area contributed by atoms with Crippen LogP contribution in [0.25, 0.3) is 0 Å². The second kappa shape index (κ2) is 4.57. The molecule has 0 fully saturated rings. The first-order valence-corrected chi connectivity index (χ1v) is 6.05. The summed E-state index contributed by atoms with van der Waals surface area (Å²) in [6.45, 7) is 0. The maximum Gasteiger partial charge on any atom is 0.172 e. The molecule has 0 aliphatic carbocycles. The molecule has 0 spiro atoms. The zero-order chi connectivity index (χ0) is 11.7. The SMILES string of the molecule is Cn1ccnc1Sc1cc(Cl)c(Cl)cc1N. The summed E-state index contributed by atoms with van der Waals surface area (Å²) >= 11 is 13.2. The molecule has 0 unspecified atom stereocenters. The second-order valence-corrected chi connectivity index (χ2v) is 5.05. The minimum Gasteiger partial charge on any atom is -0.398 e. The second-order valence-electron chi connectivity index (χ2n) is 3.23. The Labute approximate surface area is 108 Å². The molecule has 0 radical (unpaired) electrons. The number of imidazole rings is 1. The standard InChI is InChI=1S/C10H9Cl2N3S/c1-15-3-2-14-10(15)16-9-5-7(12)6(11)4-8(9)13/h2-5H,13H2,1H3. The Morgan fingerprint density at radius 1 is 1.31 bits per heavy atom. The normalized spacial score (nSPS) is 10.7. The Morgan fingerprint density at radius 2 is 2.00 bits per heavy atom. The van der Waals surface area contributed by atoms with Gasteiger partial charge in [0.25, 0.3) is 0 Å². The van der Waals surface area contributed by atoms with Crippen molar-refractivity contribution in [2.45, 2.75) is 10.1 Å². The van der Waals surface area contributed by atoms with Gasteiger partial charge in [-0.2, -0.15) is 0 Å². The van der Waals surface area contributed by atoms with Gasteiger partial charge >= 0.3 is 0 Å². The molecule has 2 rings (SSSR count). The van der Waals surface area contributed by atoms with Gasteiger partial charge in [0.2, 0.25) is 0 Å². The van der Waals surface area contributed by atoms with E-state index >= 15 is 0 Å². The molecule has 1 heterocycles. The fourth-order valence-electron chi connectivity index (χ4n) is 1.18. The third kappa shape index (κ3) is 2.29. The summed E-state index contributed by atoms with van der Waals surface area (Å²) in [5.41, 5.74) is 6.46. The number of aryl methyl sites for hydroxylation is 1. The molecule has 0 saturated carbocycles. The number of rotatable bonds is 2. The molecule has 84 valence electrons. The van der Waals surface area contributed by atoms with Crippen LogP contribution in [0, 0.1) is 0 Å². The first kappa shape index (κ1) is 11.6. The summed E-state index contributed by atoms with van der Waals surface area (Å²) in [7, 11) is 1.92. The van der Waals surface area contributed by atoms with E-state index in [9.17, 15) is 0 Å². The number of aromatic nitrogens is 2. The van der Waals surface area contributed by atoms with Crippen molar-refractivity contribution in [1.29, 1.82) is 0 Å². The fourth-order valence-corrected chi connectivity index (χ4v) is 2.45. The maximum absolute atomic E-state index is 5.94. The highest BCUT2D eigenvalue weighted by Crippen LogP contribution is 2.36. The van der Waals surface area contributed by atoms with E-state index in [0.717, 1.165) is 10.1 Å². The van der Waals surface area contributed by atoms with Gasteiger partial charge in [-0.25, -0.2) is 4.98 Å². The number of anilines is 1. The Morgan fingerprint density at radius 3 is 2.62 bits per heavy atom. The van der Waals surface area contributed by atoms with Crippen molar-refractivity contribution in [2.24, 2.45) is 7.05 Å². The summed E-state index contributed by atoms with van der Waals surface area (Å²) in [6, 6.07) is 3.40. The van der Waals surface area contributed by atoms with Crippen molar-refractivity contribution in [2.75, 3.05) is 5.73 Å². The van der Waals surface area contributed by atoms with E-state index < -0.39 is 0 Å². The van der Waals surface area contributed by atoms with Crippen LogP contribution in [0.5, 0.6) is 0 Å². The minimum absolute atomic E-state index is 0.461. The first-order valence-electron chi connectivity index (χ1n) is 4.47. The Bertz CT molecular complexity index is 525. The third-order valence-electron chi connectivity index (χ3n) is 2.03. The molecule has 0 aliphatic heterocycles. The van der Waals surface area contributed by atoms with E-state index in [4.69, 9.17) is 28.9 Å². The average molecular weight is 274 g/mol. The van der Waals surface area contributed by atoms with Crippen LogP contribution in [-0.2, 0) is 7.05 Å². The van der Waals surface area contributed by atoms with Gasteiger partial charge in [0.05, 0.1) is 10.0 Å². The van der Waals surface area contributed by atoms with Crippen molar-refractivity contribution < 1.29 is 0 Å². The summed E-state index contributed by atoms with van der Waals surface area (Å²) in [6.07, 6.45) is 3.60. The van der Waals surface area contributed by atoms with Gasteiger partial charge in [-0.15, -0.1) is 0 Å². The molecule has 2 aromatic rings. The van der Waals surface area contributed by atoms with Crippen LogP contribution in [0.1, 0.15) is 0 Å². The van der Waals surface area contributed by atoms with Crippen LogP contribution >= 0.6 is 35.0 Å². The predicted octanol–water partition coefficient (Wildman–Crippen LogP) is 3.46. The lowest BCUT2D eigenvalue weighted by atomic mass is 10.3. The van der Waals surface area contributed by atoms with Crippen LogP contribution in [-0.4, -0.2) is 9.55 Å². The fraction of sp³-hybridized carbons (Fsp3) is 0.100. The van der Waals surface area contributed by atoms with Gasteiger partial charge in [0.1, 0.15) is 0 Å². The van der Waals surface area contributed by atoms with E-state index in [1.54, 1.807) is 18.3 Å². The highest BCUT2D eigenvalue weighted by Gasteiger charge is 2.09. The third-order valence-corrected chi connectivity index (χ3v) is 3.90. The molecular formula is C10H9Cl2N3S. The summed E-state index contributed by atoms with van der Waals surface area (Å²) in [5, 5.41) is 1.81. The summed E-state index contributed by atoms with van der Waals surface area (Å²) in [4.78, 5) is 5.05. The van der Waals surface area contributed by atoms with Crippen molar-refractivity contribution in [3.63, 3.8) is 0 Å². The zero-order valence-corrected chi connectivity index (χ0v) is 10.8. The van der Waals surface area contributed by atoms with Crippen LogP contribution < -0.4 is 5.73 Å². The molecule has 3 nitrogen and oxygen atoms in total. The molecule has 0 saturated heterocycles. The molecule has 2 N–H and O–H groups in total. The number of nitrogens with two attached hydrogens (primary N) is 1. The van der Waals surface area contributed by atoms with Gasteiger partial charge in [0, 0.05) is 30.0 Å². The van der Waals surface area contributed by atoms with E-state index in [2.05, 4.69) is 4.98 Å². The predicted molar refractivity (Wildman–Crippen MR) is 68.2 cm³/mol. The van der Waals surface area contributed by atoms with E-state index in [1.807, 2.05) is 17.8 Å². The van der Waals surface area contributed by atoms with Gasteiger partial charge in [-0.3, -0.25) is 0 Å². The number of halogens is 2. The van der Waals surface area contributed by atoms with Gasteiger partial charge < -0.3 is 10.3 Å². The first-order chi connectivity index (χ1) is 7.58. The van der Waals surface area contributed by atoms with Crippen molar-refractivity contribution in [3.8, 4) is 0 Å². The van der Waals surface area contributed by atoms with Gasteiger partial charge in [-0.1, -0.05) is 23.2 Å². The van der Waals surface area contributed by atoms with Crippen LogP contribution in [0.2, 0.25) is 10.0 Å². The number of hydrogen-bond donors (Lipinski definition) is 1. The van der Waals surface area contributed by atoms with Crippen molar-refractivity contribution in [1.82, 2.24) is 9.55 Å². The molecule has 0 aliphatic rings. The molecule has 0 amide bonds. The van der Waals surface area contributed by atoms with E-state index in [0.29, 0.717) is 15.7 Å². The smallest absolute Gasteiger partial charge is 0.172 e. The summed E-state index contributed by atoms with van der Waals surface area (Å²) in [5.74, 6) is 0. The number of benzene rings is 1. The van der Waals surface area contributed by atoms with Gasteiger partial charge in [0.15, 0.2) is 5.16 Å². The molecule has 0 atom stereocenters. The van der Waals surface area contributed by atoms with E-state index in [1.165, 1.54) is 11.8 Å². The number of nitrogen functional groups attached to an aromatic ring is 1. The lowest BCUT2D eigenvalue weighted by molar-refractivity contribution is 0.790. The molecule has 16 heavy (non-hydrogen) atoms. The number of hydrogen-bond acceptors (Lipinski definition) is 3. The number of nitrogens with zero attached hydrogens (tertiary/aromatic N) is 2. The largest absolute Gasteiger partial charge is 0.398 e.